The number of rotatable bonds is 4. The predicted molar refractivity (Wildman–Crippen MR) is 52.0 cm³/mol. The van der Waals surface area contributed by atoms with E-state index in [9.17, 15) is 4.79 Å². The number of nitrogens with zero attached hydrogens (tertiary/aromatic N) is 1. The molecule has 1 aromatic rings. The van der Waals surface area contributed by atoms with Crippen LogP contribution in [0, 0.1) is 0 Å². The number of aromatic carboxylic acids is 1. The molecule has 14 heavy (non-hydrogen) atoms. The Morgan fingerprint density at radius 2 is 2.43 bits per heavy atom. The zero-order chi connectivity index (χ0) is 10.6. The molecule has 1 aromatic heterocycles. The van der Waals surface area contributed by atoms with Crippen molar-refractivity contribution in [3.05, 3.63) is 22.8 Å². The maximum Gasteiger partial charge on any atom is 0.341 e. The smallest absolute Gasteiger partial charge is 0.341 e. The average Bonchev–Trinajstić information content (AvgIpc) is 2.15. The Hall–Kier alpha value is -1.29. The fraction of sp³-hybridized carbons (Fsp3) is 0.333. The molecule has 0 radical (unpaired) electrons. The molecule has 0 saturated carbocycles. The van der Waals surface area contributed by atoms with Gasteiger partial charge >= 0.3 is 5.97 Å². The van der Waals surface area contributed by atoms with Crippen molar-refractivity contribution >= 4 is 17.6 Å². The summed E-state index contributed by atoms with van der Waals surface area (Å²) in [6, 6.07) is 1.32. The zero-order valence-corrected chi connectivity index (χ0v) is 8.41. The Kier molecular flexibility index (Phi) is 3.71. The number of carboxylic acids is 1. The van der Waals surface area contributed by atoms with E-state index in [2.05, 4.69) is 4.98 Å². The monoisotopic (exact) mass is 215 g/mol. The second-order valence-electron chi connectivity index (χ2n) is 2.66. The number of ether oxygens (including phenoxy) is 1. The van der Waals surface area contributed by atoms with Gasteiger partial charge in [0.2, 0.25) is 5.88 Å². The van der Waals surface area contributed by atoms with Crippen LogP contribution in [0.2, 0.25) is 5.02 Å². The van der Waals surface area contributed by atoms with Crippen molar-refractivity contribution in [3.8, 4) is 5.88 Å². The summed E-state index contributed by atoms with van der Waals surface area (Å²) in [5, 5.41) is 9.09. The molecule has 0 bridgehead atoms. The minimum Gasteiger partial charge on any atom is -0.477 e. The van der Waals surface area contributed by atoms with E-state index >= 15 is 0 Å². The highest BCUT2D eigenvalue weighted by molar-refractivity contribution is 6.30. The van der Waals surface area contributed by atoms with Gasteiger partial charge in [0.25, 0.3) is 0 Å². The lowest BCUT2D eigenvalue weighted by Gasteiger charge is -2.06. The van der Waals surface area contributed by atoms with Crippen LogP contribution >= 0.6 is 11.6 Å². The van der Waals surface area contributed by atoms with E-state index in [4.69, 9.17) is 21.4 Å². The van der Waals surface area contributed by atoms with Crippen LogP contribution in [0.25, 0.3) is 0 Å². The maximum atomic E-state index is 10.8. The number of hydrogen-bond acceptors (Lipinski definition) is 3. The van der Waals surface area contributed by atoms with E-state index in [0.29, 0.717) is 6.61 Å². The number of halogens is 1. The fourth-order valence-corrected chi connectivity index (χ4v) is 1.05. The molecule has 0 atom stereocenters. The third kappa shape index (κ3) is 2.60. The van der Waals surface area contributed by atoms with Gasteiger partial charge in [-0.15, -0.1) is 0 Å². The van der Waals surface area contributed by atoms with E-state index < -0.39 is 5.97 Å². The molecule has 1 heterocycles. The van der Waals surface area contributed by atoms with Crippen LogP contribution in [0.15, 0.2) is 12.3 Å². The van der Waals surface area contributed by atoms with Gasteiger partial charge in [-0.2, -0.15) is 0 Å². The summed E-state index contributed by atoms with van der Waals surface area (Å²) in [4.78, 5) is 14.6. The zero-order valence-electron chi connectivity index (χ0n) is 7.66. The average molecular weight is 216 g/mol. The highest BCUT2D eigenvalue weighted by Gasteiger charge is 2.13. The maximum absolute atomic E-state index is 10.8. The molecule has 0 aliphatic carbocycles. The molecule has 0 aromatic carbocycles. The quantitative estimate of drug-likeness (QED) is 0.837. The number of aromatic nitrogens is 1. The van der Waals surface area contributed by atoms with E-state index in [1.54, 1.807) is 0 Å². The topological polar surface area (TPSA) is 59.4 Å². The van der Waals surface area contributed by atoms with Gasteiger partial charge in [-0.05, 0) is 12.5 Å². The molecule has 0 aliphatic heterocycles. The lowest BCUT2D eigenvalue weighted by atomic mass is 10.3. The fourth-order valence-electron chi connectivity index (χ4n) is 0.894. The highest BCUT2D eigenvalue weighted by Crippen LogP contribution is 2.19. The SMILES string of the molecule is CCCOc1ncc(Cl)cc1C(=O)O. The van der Waals surface area contributed by atoms with E-state index in [1.807, 2.05) is 6.92 Å². The van der Waals surface area contributed by atoms with Crippen LogP contribution in [0.5, 0.6) is 5.88 Å². The third-order valence-corrected chi connectivity index (χ3v) is 1.70. The molecule has 0 spiro atoms. The van der Waals surface area contributed by atoms with Crippen LogP contribution in [-0.2, 0) is 0 Å². The molecule has 4 nitrogen and oxygen atoms in total. The summed E-state index contributed by atoms with van der Waals surface area (Å²) < 4.78 is 5.15. The standard InChI is InChI=1S/C9H10ClNO3/c1-2-3-14-8-7(9(12)13)4-6(10)5-11-8/h4-5H,2-3H2,1H3,(H,12,13). The summed E-state index contributed by atoms with van der Waals surface area (Å²) in [5.41, 5.74) is -0.00838. The van der Waals surface area contributed by atoms with Gasteiger partial charge in [-0.3, -0.25) is 0 Å². The minimum atomic E-state index is -1.09. The molecule has 0 amide bonds. The Morgan fingerprint density at radius 3 is 3.00 bits per heavy atom. The summed E-state index contributed by atoms with van der Waals surface area (Å²) in [7, 11) is 0. The Labute approximate surface area is 86.5 Å². The summed E-state index contributed by atoms with van der Waals surface area (Å²) in [5.74, 6) is -0.977. The van der Waals surface area contributed by atoms with Gasteiger partial charge in [0.05, 0.1) is 11.6 Å². The van der Waals surface area contributed by atoms with Crippen molar-refractivity contribution in [2.75, 3.05) is 6.61 Å². The summed E-state index contributed by atoms with van der Waals surface area (Å²) in [6.45, 7) is 2.37. The first kappa shape index (κ1) is 10.8. The van der Waals surface area contributed by atoms with Gasteiger partial charge in [-0.1, -0.05) is 18.5 Å². The van der Waals surface area contributed by atoms with Crippen molar-refractivity contribution in [2.24, 2.45) is 0 Å². The molecule has 0 saturated heterocycles. The van der Waals surface area contributed by atoms with Gasteiger partial charge in [0, 0.05) is 6.20 Å². The Bertz CT molecular complexity index is 341. The summed E-state index contributed by atoms with van der Waals surface area (Å²) in [6.07, 6.45) is 2.16. The lowest BCUT2D eigenvalue weighted by molar-refractivity contribution is 0.0691. The predicted octanol–water partition coefficient (Wildman–Crippen LogP) is 2.22. The first-order chi connectivity index (χ1) is 6.65. The summed E-state index contributed by atoms with van der Waals surface area (Å²) >= 11 is 5.61. The van der Waals surface area contributed by atoms with Crippen LogP contribution in [0.1, 0.15) is 23.7 Å². The van der Waals surface area contributed by atoms with Crippen molar-refractivity contribution in [1.82, 2.24) is 4.98 Å². The molecule has 1 rings (SSSR count). The van der Waals surface area contributed by atoms with Crippen molar-refractivity contribution in [2.45, 2.75) is 13.3 Å². The number of carbonyl (C=O) groups is 1. The lowest BCUT2D eigenvalue weighted by Crippen LogP contribution is -2.05. The normalized spacial score (nSPS) is 9.86. The van der Waals surface area contributed by atoms with Gasteiger partial charge in [0.1, 0.15) is 5.56 Å². The van der Waals surface area contributed by atoms with E-state index in [1.165, 1.54) is 12.3 Å². The number of hydrogen-bond donors (Lipinski definition) is 1. The molecular weight excluding hydrogens is 206 g/mol. The number of carboxylic acid groups (broad SMARTS) is 1. The molecule has 1 N–H and O–H groups in total. The van der Waals surface area contributed by atoms with Crippen LogP contribution in [-0.4, -0.2) is 22.7 Å². The molecule has 76 valence electrons. The third-order valence-electron chi connectivity index (χ3n) is 1.49. The molecule has 0 unspecified atom stereocenters. The molecule has 0 fully saturated rings. The minimum absolute atomic E-state index is 0.00838. The van der Waals surface area contributed by atoms with Gasteiger partial charge in [-0.25, -0.2) is 9.78 Å². The van der Waals surface area contributed by atoms with Gasteiger partial charge in [0.15, 0.2) is 0 Å². The Balaban J connectivity index is 2.96. The van der Waals surface area contributed by atoms with Crippen LogP contribution < -0.4 is 4.74 Å². The van der Waals surface area contributed by atoms with E-state index in [0.717, 1.165) is 6.42 Å². The van der Waals surface area contributed by atoms with Crippen molar-refractivity contribution in [3.63, 3.8) is 0 Å². The van der Waals surface area contributed by atoms with E-state index in [-0.39, 0.29) is 16.5 Å². The second-order valence-corrected chi connectivity index (χ2v) is 3.10. The largest absolute Gasteiger partial charge is 0.477 e. The molecule has 5 heteroatoms. The highest BCUT2D eigenvalue weighted by atomic mass is 35.5. The first-order valence-electron chi connectivity index (χ1n) is 4.16. The second kappa shape index (κ2) is 4.81. The van der Waals surface area contributed by atoms with Crippen molar-refractivity contribution < 1.29 is 14.6 Å². The Morgan fingerprint density at radius 1 is 1.71 bits per heavy atom. The van der Waals surface area contributed by atoms with Crippen LogP contribution in [0.4, 0.5) is 0 Å². The first-order valence-corrected chi connectivity index (χ1v) is 4.54. The van der Waals surface area contributed by atoms with Crippen molar-refractivity contribution in [1.29, 1.82) is 0 Å². The number of pyridine rings is 1. The molecule has 0 aliphatic rings. The van der Waals surface area contributed by atoms with Gasteiger partial charge < -0.3 is 9.84 Å². The van der Waals surface area contributed by atoms with Crippen LogP contribution in [0.3, 0.4) is 0 Å². The molecular formula is C9H10ClNO3.